The lowest BCUT2D eigenvalue weighted by Gasteiger charge is -2.22. The highest BCUT2D eigenvalue weighted by Crippen LogP contribution is 2.34. The summed E-state index contributed by atoms with van der Waals surface area (Å²) in [5, 5.41) is 12.6. The highest BCUT2D eigenvalue weighted by atomic mass is 16.5. The number of ether oxygens (including phenoxy) is 1. The van der Waals surface area contributed by atoms with E-state index in [0.717, 1.165) is 35.3 Å². The summed E-state index contributed by atoms with van der Waals surface area (Å²) in [6.45, 7) is 0.391. The van der Waals surface area contributed by atoms with Gasteiger partial charge in [0.2, 0.25) is 5.76 Å². The average molecular weight is 392 g/mol. The van der Waals surface area contributed by atoms with Gasteiger partial charge < -0.3 is 19.3 Å². The summed E-state index contributed by atoms with van der Waals surface area (Å²) >= 11 is 0. The van der Waals surface area contributed by atoms with Crippen molar-refractivity contribution < 1.29 is 24.0 Å². The highest BCUT2D eigenvalue weighted by Gasteiger charge is 2.34. The summed E-state index contributed by atoms with van der Waals surface area (Å²) in [6.07, 6.45) is 1.83. The van der Waals surface area contributed by atoms with E-state index in [2.05, 4.69) is 5.16 Å². The number of carbonyl (C=O) groups excluding carboxylic acids is 1. The van der Waals surface area contributed by atoms with E-state index in [1.165, 1.54) is 6.07 Å². The first-order chi connectivity index (χ1) is 14.1. The number of amides is 1. The molecule has 4 rings (SSSR count). The number of hydrogen-bond donors (Lipinski definition) is 1. The first kappa shape index (κ1) is 18.7. The second-order valence-corrected chi connectivity index (χ2v) is 6.95. The van der Waals surface area contributed by atoms with Gasteiger partial charge in [0, 0.05) is 24.2 Å². The third-order valence-electron chi connectivity index (χ3n) is 4.89. The molecule has 1 N–H and O–H groups in total. The van der Waals surface area contributed by atoms with Crippen molar-refractivity contribution in [2.45, 2.75) is 25.4 Å². The Morgan fingerprint density at radius 1 is 1.17 bits per heavy atom. The van der Waals surface area contributed by atoms with Crippen LogP contribution in [0.3, 0.4) is 0 Å². The first-order valence-corrected chi connectivity index (χ1v) is 9.30. The van der Waals surface area contributed by atoms with Crippen molar-refractivity contribution in [3.8, 4) is 16.9 Å². The molecule has 0 saturated heterocycles. The van der Waals surface area contributed by atoms with Crippen molar-refractivity contribution in [1.29, 1.82) is 0 Å². The smallest absolute Gasteiger partial charge is 0.374 e. The fraction of sp³-hybridized carbons (Fsp3) is 0.227. The summed E-state index contributed by atoms with van der Waals surface area (Å²) in [6, 6.07) is 17.0. The van der Waals surface area contributed by atoms with Crippen molar-refractivity contribution >= 4 is 11.9 Å². The van der Waals surface area contributed by atoms with Crippen LogP contribution in [0.2, 0.25) is 0 Å². The maximum Gasteiger partial charge on any atom is 0.374 e. The number of hydrogen-bond acceptors (Lipinski definition) is 5. The van der Waals surface area contributed by atoms with Gasteiger partial charge in [-0.1, -0.05) is 41.6 Å². The van der Waals surface area contributed by atoms with Crippen LogP contribution in [0.4, 0.5) is 0 Å². The van der Waals surface area contributed by atoms with Gasteiger partial charge in [-0.3, -0.25) is 4.79 Å². The number of rotatable bonds is 7. The van der Waals surface area contributed by atoms with Gasteiger partial charge in [0.1, 0.15) is 5.75 Å². The zero-order valence-electron chi connectivity index (χ0n) is 15.9. The number of nitrogens with zero attached hydrogens (tertiary/aromatic N) is 2. The maximum atomic E-state index is 12.9. The van der Waals surface area contributed by atoms with Crippen LogP contribution in [0.1, 0.15) is 39.4 Å². The number of aromatic nitrogens is 1. The molecule has 0 unspecified atom stereocenters. The minimum absolute atomic E-state index is 0.00564. The summed E-state index contributed by atoms with van der Waals surface area (Å²) < 4.78 is 10.2. The minimum atomic E-state index is -1.25. The van der Waals surface area contributed by atoms with E-state index >= 15 is 0 Å². The highest BCUT2D eigenvalue weighted by molar-refractivity contribution is 5.95. The van der Waals surface area contributed by atoms with Crippen molar-refractivity contribution in [1.82, 2.24) is 10.1 Å². The molecular formula is C22H20N2O5. The lowest BCUT2D eigenvalue weighted by molar-refractivity contribution is 0.0647. The topological polar surface area (TPSA) is 92.9 Å². The van der Waals surface area contributed by atoms with Gasteiger partial charge >= 0.3 is 5.97 Å². The van der Waals surface area contributed by atoms with E-state index in [0.29, 0.717) is 6.54 Å². The Hall–Kier alpha value is -3.61. The van der Waals surface area contributed by atoms with Crippen LogP contribution < -0.4 is 4.74 Å². The molecule has 29 heavy (non-hydrogen) atoms. The molecule has 1 aliphatic rings. The van der Waals surface area contributed by atoms with E-state index in [1.54, 1.807) is 12.0 Å². The molecule has 1 heterocycles. The second kappa shape index (κ2) is 7.79. The van der Waals surface area contributed by atoms with Crippen LogP contribution in [0, 0.1) is 0 Å². The van der Waals surface area contributed by atoms with Gasteiger partial charge in [-0.2, -0.15) is 0 Å². The molecule has 0 atom stereocenters. The zero-order chi connectivity index (χ0) is 20.4. The Balaban J connectivity index is 1.62. The molecule has 0 spiro atoms. The molecule has 1 aromatic heterocycles. The number of carboxylic acid groups (broad SMARTS) is 1. The largest absolute Gasteiger partial charge is 0.496 e. The van der Waals surface area contributed by atoms with Crippen LogP contribution in [0.15, 0.2) is 59.1 Å². The number of benzene rings is 2. The molecule has 3 aromatic rings. The quantitative estimate of drug-likeness (QED) is 0.656. The molecule has 7 heteroatoms. The third kappa shape index (κ3) is 3.99. The predicted octanol–water partition coefficient (Wildman–Crippen LogP) is 3.85. The van der Waals surface area contributed by atoms with Crippen LogP contribution >= 0.6 is 0 Å². The minimum Gasteiger partial charge on any atom is -0.496 e. The summed E-state index contributed by atoms with van der Waals surface area (Å²) in [7, 11) is 1.63. The van der Waals surface area contributed by atoms with Gasteiger partial charge in [0.25, 0.3) is 5.91 Å². The Morgan fingerprint density at radius 3 is 2.55 bits per heavy atom. The molecule has 0 radical (unpaired) electrons. The Bertz CT molecular complexity index is 1040. The van der Waals surface area contributed by atoms with E-state index in [1.807, 2.05) is 48.5 Å². The molecule has 1 saturated carbocycles. The predicted molar refractivity (Wildman–Crippen MR) is 105 cm³/mol. The van der Waals surface area contributed by atoms with E-state index < -0.39 is 5.97 Å². The monoisotopic (exact) mass is 392 g/mol. The standard InChI is InChI=1S/C22H20N2O5/c1-28-19-10-7-14(11-17(19)15-5-3-2-4-6-15)13-24(16-8-9-16)21(25)18-12-20(22(26)27)29-23-18/h2-7,10-12,16H,8-9,13H2,1H3,(H,26,27). The van der Waals surface area contributed by atoms with Crippen molar-refractivity contribution in [3.63, 3.8) is 0 Å². The molecule has 2 aromatic carbocycles. The maximum absolute atomic E-state index is 12.9. The van der Waals surface area contributed by atoms with E-state index in [9.17, 15) is 9.59 Å². The van der Waals surface area contributed by atoms with Gasteiger partial charge in [-0.15, -0.1) is 0 Å². The van der Waals surface area contributed by atoms with E-state index in [-0.39, 0.29) is 23.4 Å². The Morgan fingerprint density at radius 2 is 1.93 bits per heavy atom. The number of carbonyl (C=O) groups is 2. The fourth-order valence-electron chi connectivity index (χ4n) is 3.27. The van der Waals surface area contributed by atoms with E-state index in [4.69, 9.17) is 14.4 Å². The second-order valence-electron chi connectivity index (χ2n) is 6.95. The summed E-state index contributed by atoms with van der Waals surface area (Å²) in [5.74, 6) is -1.18. The van der Waals surface area contributed by atoms with Crippen molar-refractivity contribution in [2.24, 2.45) is 0 Å². The molecule has 148 valence electrons. The lowest BCUT2D eigenvalue weighted by Crippen LogP contribution is -2.32. The molecular weight excluding hydrogens is 372 g/mol. The molecule has 1 amide bonds. The van der Waals surface area contributed by atoms with Crippen LogP contribution in [0.25, 0.3) is 11.1 Å². The normalized spacial score (nSPS) is 13.1. The number of methoxy groups -OCH3 is 1. The molecule has 1 fully saturated rings. The van der Waals surface area contributed by atoms with Gasteiger partial charge in [0.05, 0.1) is 7.11 Å². The van der Waals surface area contributed by atoms with Crippen LogP contribution in [-0.2, 0) is 6.54 Å². The van der Waals surface area contributed by atoms with Crippen LogP contribution in [0.5, 0.6) is 5.75 Å². The van der Waals surface area contributed by atoms with Gasteiger partial charge in [-0.05, 0) is 36.1 Å². The van der Waals surface area contributed by atoms with Crippen LogP contribution in [-0.4, -0.2) is 40.2 Å². The molecule has 0 aliphatic heterocycles. The van der Waals surface area contributed by atoms with Gasteiger partial charge in [-0.25, -0.2) is 4.79 Å². The molecule has 7 nitrogen and oxygen atoms in total. The first-order valence-electron chi connectivity index (χ1n) is 9.30. The van der Waals surface area contributed by atoms with Gasteiger partial charge in [0.15, 0.2) is 5.69 Å². The molecule has 0 bridgehead atoms. The Kier molecular flexibility index (Phi) is 5.03. The van der Waals surface area contributed by atoms with Crippen molar-refractivity contribution in [3.05, 3.63) is 71.6 Å². The third-order valence-corrected chi connectivity index (χ3v) is 4.89. The fourth-order valence-corrected chi connectivity index (χ4v) is 3.27. The zero-order valence-corrected chi connectivity index (χ0v) is 15.9. The number of aromatic carboxylic acids is 1. The molecule has 1 aliphatic carbocycles. The SMILES string of the molecule is COc1ccc(CN(C(=O)c2cc(C(=O)O)on2)C2CC2)cc1-c1ccccc1. The summed E-state index contributed by atoms with van der Waals surface area (Å²) in [4.78, 5) is 25.7. The average Bonchev–Trinajstić information content (AvgIpc) is 3.46. The summed E-state index contributed by atoms with van der Waals surface area (Å²) in [5.41, 5.74) is 2.93. The lowest BCUT2D eigenvalue weighted by atomic mass is 10.0. The van der Waals surface area contributed by atoms with Crippen molar-refractivity contribution in [2.75, 3.05) is 7.11 Å². The Labute approximate surface area is 167 Å². The number of carboxylic acids is 1.